The summed E-state index contributed by atoms with van der Waals surface area (Å²) in [5.41, 5.74) is 2.60. The average molecular weight is 515 g/mol. The van der Waals surface area contributed by atoms with E-state index in [0.717, 1.165) is 16.8 Å². The number of aromatic nitrogens is 2. The standard InChI is InChI=1S/C28H34BN5O4/c1-19(2)17-25(29(37)38)33-26(35)23(18-20-9-5-3-6-10-20)31-27(36)24-14-16-34(24)28-30-15-13-22(32-28)21-11-7-4-8-12-21/h3-13,15,19,23-25,37-38H,14,16-18H2,1-2H3,(H,31,36)(H,33,35)/t23-,24-,25?/m0/s1. The van der Waals surface area contributed by atoms with Crippen molar-refractivity contribution >= 4 is 24.9 Å². The lowest BCUT2D eigenvalue weighted by molar-refractivity contribution is -0.130. The van der Waals surface area contributed by atoms with E-state index in [-0.39, 0.29) is 18.2 Å². The fourth-order valence-corrected chi connectivity index (χ4v) is 4.53. The highest BCUT2D eigenvalue weighted by atomic mass is 16.4. The van der Waals surface area contributed by atoms with E-state index in [4.69, 9.17) is 0 Å². The lowest BCUT2D eigenvalue weighted by Crippen LogP contribution is -2.61. The van der Waals surface area contributed by atoms with Crippen molar-refractivity contribution in [2.75, 3.05) is 11.4 Å². The highest BCUT2D eigenvalue weighted by molar-refractivity contribution is 6.43. The molecular formula is C28H34BN5O4. The molecule has 0 spiro atoms. The molecule has 1 fully saturated rings. The van der Waals surface area contributed by atoms with Crippen molar-refractivity contribution in [3.05, 3.63) is 78.5 Å². The summed E-state index contributed by atoms with van der Waals surface area (Å²) >= 11 is 0. The van der Waals surface area contributed by atoms with Gasteiger partial charge in [-0.2, -0.15) is 0 Å². The van der Waals surface area contributed by atoms with E-state index in [2.05, 4.69) is 20.6 Å². The second-order valence-corrected chi connectivity index (χ2v) is 10.0. The molecule has 3 atom stereocenters. The van der Waals surface area contributed by atoms with Crippen molar-refractivity contribution in [1.82, 2.24) is 20.6 Å². The number of nitrogens with one attached hydrogen (secondary N) is 2. The molecule has 2 aromatic carbocycles. The van der Waals surface area contributed by atoms with Gasteiger partial charge < -0.3 is 25.6 Å². The van der Waals surface area contributed by atoms with Crippen molar-refractivity contribution in [3.63, 3.8) is 0 Å². The fraction of sp³-hybridized carbons (Fsp3) is 0.357. The molecule has 10 heteroatoms. The Labute approximate surface area is 223 Å². The molecule has 0 aliphatic carbocycles. The molecule has 0 radical (unpaired) electrons. The zero-order valence-corrected chi connectivity index (χ0v) is 21.7. The second kappa shape index (κ2) is 12.7. The normalized spacial score (nSPS) is 16.3. The van der Waals surface area contributed by atoms with E-state index in [9.17, 15) is 19.6 Å². The number of hydrogen-bond donors (Lipinski definition) is 4. The summed E-state index contributed by atoms with van der Waals surface area (Å²) < 4.78 is 0. The molecule has 1 aliphatic heterocycles. The lowest BCUT2D eigenvalue weighted by Gasteiger charge is -2.40. The summed E-state index contributed by atoms with van der Waals surface area (Å²) in [5, 5.41) is 25.2. The predicted octanol–water partition coefficient (Wildman–Crippen LogP) is 1.99. The maximum absolute atomic E-state index is 13.4. The van der Waals surface area contributed by atoms with Crippen LogP contribution in [0.3, 0.4) is 0 Å². The van der Waals surface area contributed by atoms with Crippen molar-refractivity contribution < 1.29 is 19.6 Å². The average Bonchev–Trinajstić information content (AvgIpc) is 2.88. The van der Waals surface area contributed by atoms with Gasteiger partial charge in [0.2, 0.25) is 17.8 Å². The van der Waals surface area contributed by atoms with Gasteiger partial charge >= 0.3 is 7.12 Å². The van der Waals surface area contributed by atoms with Crippen molar-refractivity contribution in [2.24, 2.45) is 5.92 Å². The Hall–Kier alpha value is -3.76. The lowest BCUT2D eigenvalue weighted by atomic mass is 9.75. The van der Waals surface area contributed by atoms with E-state index < -0.39 is 31.1 Å². The number of rotatable bonds is 11. The van der Waals surface area contributed by atoms with Crippen LogP contribution in [0.4, 0.5) is 5.95 Å². The Morgan fingerprint density at radius 2 is 1.71 bits per heavy atom. The van der Waals surface area contributed by atoms with Crippen LogP contribution in [-0.2, 0) is 16.0 Å². The molecule has 0 bridgehead atoms. The van der Waals surface area contributed by atoms with E-state index in [0.29, 0.717) is 25.3 Å². The topological polar surface area (TPSA) is 128 Å². The summed E-state index contributed by atoms with van der Waals surface area (Å²) in [5.74, 6) is -1.01. The first-order valence-electron chi connectivity index (χ1n) is 13.0. The van der Waals surface area contributed by atoms with Crippen LogP contribution in [-0.4, -0.2) is 63.5 Å². The van der Waals surface area contributed by atoms with Crippen LogP contribution in [0.5, 0.6) is 0 Å². The molecule has 2 heterocycles. The van der Waals surface area contributed by atoms with E-state index in [1.54, 1.807) is 6.20 Å². The van der Waals surface area contributed by atoms with Crippen molar-refractivity contribution in [2.45, 2.75) is 51.1 Å². The highest BCUT2D eigenvalue weighted by Gasteiger charge is 2.38. The van der Waals surface area contributed by atoms with Gasteiger partial charge in [-0.05, 0) is 30.4 Å². The Balaban J connectivity index is 1.49. The van der Waals surface area contributed by atoms with Crippen LogP contribution in [0.25, 0.3) is 11.3 Å². The molecule has 9 nitrogen and oxygen atoms in total. The van der Waals surface area contributed by atoms with Crippen molar-refractivity contribution in [1.29, 1.82) is 0 Å². The molecule has 0 saturated carbocycles. The number of benzene rings is 2. The van der Waals surface area contributed by atoms with E-state index in [1.165, 1.54) is 0 Å². The first-order chi connectivity index (χ1) is 18.3. The predicted molar refractivity (Wildman–Crippen MR) is 147 cm³/mol. The summed E-state index contributed by atoms with van der Waals surface area (Å²) in [6.45, 7) is 4.49. The quantitative estimate of drug-likeness (QED) is 0.288. The Morgan fingerprint density at radius 3 is 2.32 bits per heavy atom. The highest BCUT2D eigenvalue weighted by Crippen LogP contribution is 2.26. The first-order valence-corrected chi connectivity index (χ1v) is 13.0. The Kier molecular flexibility index (Phi) is 9.09. The smallest absolute Gasteiger partial charge is 0.426 e. The van der Waals surface area contributed by atoms with Gasteiger partial charge in [-0.1, -0.05) is 74.5 Å². The Bertz CT molecular complexity index is 1210. The van der Waals surface area contributed by atoms with Crippen LogP contribution in [0, 0.1) is 5.92 Å². The molecule has 38 heavy (non-hydrogen) atoms. The second-order valence-electron chi connectivity index (χ2n) is 10.0. The van der Waals surface area contributed by atoms with Crippen LogP contribution in [0.2, 0.25) is 0 Å². The maximum Gasteiger partial charge on any atom is 0.475 e. The van der Waals surface area contributed by atoms with Crippen LogP contribution in [0.1, 0.15) is 32.3 Å². The molecule has 4 rings (SSSR count). The van der Waals surface area contributed by atoms with Gasteiger partial charge in [0.15, 0.2) is 0 Å². The van der Waals surface area contributed by atoms with Gasteiger partial charge in [-0.3, -0.25) is 9.59 Å². The van der Waals surface area contributed by atoms with Gasteiger partial charge in [0, 0.05) is 24.7 Å². The molecular weight excluding hydrogens is 481 g/mol. The zero-order valence-electron chi connectivity index (χ0n) is 21.7. The SMILES string of the molecule is CC(C)CC(NC(=O)[C@H](Cc1ccccc1)NC(=O)[C@@H]1CCN1c1nccc(-c2ccccc2)n1)B(O)O. The molecule has 1 aromatic heterocycles. The van der Waals surface area contributed by atoms with Gasteiger partial charge in [0.05, 0.1) is 11.6 Å². The molecule has 3 aromatic rings. The Morgan fingerprint density at radius 1 is 1.03 bits per heavy atom. The minimum atomic E-state index is -1.70. The van der Waals surface area contributed by atoms with Gasteiger partial charge in [0.1, 0.15) is 12.1 Å². The van der Waals surface area contributed by atoms with Crippen LogP contribution < -0.4 is 15.5 Å². The number of carbonyl (C=O) groups excluding carboxylic acids is 2. The van der Waals surface area contributed by atoms with Gasteiger partial charge in [-0.15, -0.1) is 0 Å². The third-order valence-corrected chi connectivity index (χ3v) is 6.62. The summed E-state index contributed by atoms with van der Waals surface area (Å²) in [7, 11) is -1.70. The number of amides is 2. The monoisotopic (exact) mass is 515 g/mol. The number of carbonyl (C=O) groups is 2. The summed E-state index contributed by atoms with van der Waals surface area (Å²) in [4.78, 5) is 37.5. The minimum absolute atomic E-state index is 0.138. The molecule has 2 amide bonds. The number of hydrogen-bond acceptors (Lipinski definition) is 7. The summed E-state index contributed by atoms with van der Waals surface area (Å²) in [6.07, 6.45) is 2.94. The zero-order chi connectivity index (χ0) is 27.1. The minimum Gasteiger partial charge on any atom is -0.426 e. The fourth-order valence-electron chi connectivity index (χ4n) is 4.53. The van der Waals surface area contributed by atoms with Crippen molar-refractivity contribution in [3.8, 4) is 11.3 Å². The first kappa shape index (κ1) is 27.3. The molecule has 4 N–H and O–H groups in total. The van der Waals surface area contributed by atoms with Gasteiger partial charge in [0.25, 0.3) is 0 Å². The van der Waals surface area contributed by atoms with Crippen LogP contribution in [0.15, 0.2) is 72.9 Å². The molecule has 1 aliphatic rings. The molecule has 1 saturated heterocycles. The molecule has 198 valence electrons. The maximum atomic E-state index is 13.4. The summed E-state index contributed by atoms with van der Waals surface area (Å²) in [6, 6.07) is 19.6. The third-order valence-electron chi connectivity index (χ3n) is 6.62. The number of nitrogens with zero attached hydrogens (tertiary/aromatic N) is 3. The van der Waals surface area contributed by atoms with Gasteiger partial charge in [-0.25, -0.2) is 9.97 Å². The van der Waals surface area contributed by atoms with E-state index in [1.807, 2.05) is 85.5 Å². The van der Waals surface area contributed by atoms with Crippen LogP contribution >= 0.6 is 0 Å². The largest absolute Gasteiger partial charge is 0.475 e. The number of anilines is 1. The molecule has 1 unspecified atom stereocenters. The third kappa shape index (κ3) is 6.96. The van der Waals surface area contributed by atoms with E-state index >= 15 is 0 Å².